The summed E-state index contributed by atoms with van der Waals surface area (Å²) in [6.45, 7) is 1.99. The van der Waals surface area contributed by atoms with Crippen molar-refractivity contribution in [2.75, 3.05) is 12.4 Å². The van der Waals surface area contributed by atoms with Gasteiger partial charge in [-0.05, 0) is 36.8 Å². The fourth-order valence-corrected chi connectivity index (χ4v) is 2.49. The molecule has 3 aromatic rings. The van der Waals surface area contributed by atoms with Gasteiger partial charge in [0.25, 0.3) is 0 Å². The number of nitrogens with zero attached hydrogens (tertiary/aromatic N) is 1. The highest BCUT2D eigenvalue weighted by atomic mass is 19.1. The maximum absolute atomic E-state index is 13.8. The fourth-order valence-electron chi connectivity index (χ4n) is 2.49. The molecule has 3 nitrogen and oxygen atoms in total. The molecule has 0 aliphatic heterocycles. The zero-order chi connectivity index (χ0) is 15.5. The largest absolute Gasteiger partial charge is 0.494 e. The summed E-state index contributed by atoms with van der Waals surface area (Å²) in [5.74, 6) is -0.104. The van der Waals surface area contributed by atoms with E-state index in [0.717, 1.165) is 22.2 Å². The van der Waals surface area contributed by atoms with E-state index >= 15 is 0 Å². The first-order valence-electron chi connectivity index (χ1n) is 7.13. The van der Waals surface area contributed by atoms with Crippen LogP contribution < -0.4 is 10.1 Å². The number of pyridine rings is 1. The summed E-state index contributed by atoms with van der Waals surface area (Å²) in [7, 11) is 1.46. The van der Waals surface area contributed by atoms with Crippen molar-refractivity contribution in [3.05, 3.63) is 66.1 Å². The summed E-state index contributed by atoms with van der Waals surface area (Å²) in [6, 6.07) is 14.9. The number of para-hydroxylation sites is 1. The average Bonchev–Trinajstić information content (AvgIpc) is 2.55. The second kappa shape index (κ2) is 6.02. The van der Waals surface area contributed by atoms with Crippen LogP contribution in [0.2, 0.25) is 0 Å². The molecule has 0 saturated heterocycles. The van der Waals surface area contributed by atoms with E-state index in [4.69, 9.17) is 4.74 Å². The first kappa shape index (κ1) is 14.3. The van der Waals surface area contributed by atoms with Crippen LogP contribution in [0.15, 0.2) is 54.7 Å². The molecule has 1 aromatic heterocycles. The van der Waals surface area contributed by atoms with Crippen LogP contribution in [0.3, 0.4) is 0 Å². The number of halogens is 1. The highest BCUT2D eigenvalue weighted by Crippen LogP contribution is 2.27. The van der Waals surface area contributed by atoms with Gasteiger partial charge in [0.1, 0.15) is 0 Å². The minimum absolute atomic E-state index is 0.0481. The van der Waals surface area contributed by atoms with Gasteiger partial charge in [-0.25, -0.2) is 4.39 Å². The van der Waals surface area contributed by atoms with E-state index < -0.39 is 0 Å². The Hall–Kier alpha value is -2.62. The molecule has 4 heteroatoms. The van der Waals surface area contributed by atoms with Crippen molar-refractivity contribution in [3.8, 4) is 5.75 Å². The Bertz CT molecular complexity index is 799. The molecule has 1 unspecified atom stereocenters. The van der Waals surface area contributed by atoms with Gasteiger partial charge < -0.3 is 10.1 Å². The monoisotopic (exact) mass is 296 g/mol. The summed E-state index contributed by atoms with van der Waals surface area (Å²) >= 11 is 0. The molecule has 0 amide bonds. The highest BCUT2D eigenvalue weighted by Gasteiger charge is 2.11. The maximum atomic E-state index is 13.8. The lowest BCUT2D eigenvalue weighted by Gasteiger charge is -2.17. The standard InChI is InChI=1S/C18H17FN2O/c1-12(14-8-9-17(22-2)15(19)11-14)21-16-7-3-5-13-6-4-10-20-18(13)16/h3-12,21H,1-2H3. The van der Waals surface area contributed by atoms with Crippen molar-refractivity contribution in [3.63, 3.8) is 0 Å². The van der Waals surface area contributed by atoms with Crippen LogP contribution in [0.4, 0.5) is 10.1 Å². The van der Waals surface area contributed by atoms with E-state index in [1.807, 2.05) is 43.3 Å². The molecule has 0 radical (unpaired) electrons. The number of fused-ring (bicyclic) bond motifs is 1. The summed E-state index contributed by atoms with van der Waals surface area (Å²) < 4.78 is 18.8. The SMILES string of the molecule is COc1ccc(C(C)Nc2cccc3cccnc23)cc1F. The van der Waals surface area contributed by atoms with Crippen LogP contribution in [-0.2, 0) is 0 Å². The van der Waals surface area contributed by atoms with Gasteiger partial charge in [-0.15, -0.1) is 0 Å². The van der Waals surface area contributed by atoms with Gasteiger partial charge in [0.15, 0.2) is 11.6 Å². The highest BCUT2D eigenvalue weighted by molar-refractivity contribution is 5.90. The summed E-state index contributed by atoms with van der Waals surface area (Å²) in [6.07, 6.45) is 1.77. The lowest BCUT2D eigenvalue weighted by atomic mass is 10.1. The number of aromatic nitrogens is 1. The number of hydrogen-bond donors (Lipinski definition) is 1. The Morgan fingerprint density at radius 3 is 2.73 bits per heavy atom. The van der Waals surface area contributed by atoms with Crippen molar-refractivity contribution in [1.82, 2.24) is 4.98 Å². The molecule has 0 aliphatic rings. The molecule has 0 bridgehead atoms. The quantitative estimate of drug-likeness (QED) is 0.766. The molecule has 1 N–H and O–H groups in total. The predicted octanol–water partition coefficient (Wildman–Crippen LogP) is 4.56. The van der Waals surface area contributed by atoms with Crippen LogP contribution in [0.25, 0.3) is 10.9 Å². The van der Waals surface area contributed by atoms with Crippen LogP contribution >= 0.6 is 0 Å². The Morgan fingerprint density at radius 1 is 1.14 bits per heavy atom. The van der Waals surface area contributed by atoms with E-state index in [0.29, 0.717) is 0 Å². The summed E-state index contributed by atoms with van der Waals surface area (Å²) in [4.78, 5) is 4.42. The van der Waals surface area contributed by atoms with Crippen LogP contribution in [0.1, 0.15) is 18.5 Å². The third-order valence-electron chi connectivity index (χ3n) is 3.68. The zero-order valence-electron chi connectivity index (χ0n) is 12.5. The molecule has 0 saturated carbocycles. The normalized spacial score (nSPS) is 12.1. The van der Waals surface area contributed by atoms with E-state index in [1.165, 1.54) is 13.2 Å². The molecular weight excluding hydrogens is 279 g/mol. The minimum Gasteiger partial charge on any atom is -0.494 e. The lowest BCUT2D eigenvalue weighted by molar-refractivity contribution is 0.386. The predicted molar refractivity (Wildman–Crippen MR) is 86.7 cm³/mol. The van der Waals surface area contributed by atoms with Gasteiger partial charge in [0.05, 0.1) is 18.3 Å². The third-order valence-corrected chi connectivity index (χ3v) is 3.68. The van der Waals surface area contributed by atoms with E-state index in [2.05, 4.69) is 10.3 Å². The van der Waals surface area contributed by atoms with Gasteiger partial charge in [0.2, 0.25) is 0 Å². The molecule has 0 spiro atoms. The minimum atomic E-state index is -0.357. The van der Waals surface area contributed by atoms with Crippen LogP contribution in [0.5, 0.6) is 5.75 Å². The summed E-state index contributed by atoms with van der Waals surface area (Å²) in [5.41, 5.74) is 2.69. The number of anilines is 1. The van der Waals surface area contributed by atoms with E-state index in [1.54, 1.807) is 12.3 Å². The van der Waals surface area contributed by atoms with Gasteiger partial charge >= 0.3 is 0 Å². The number of ether oxygens (including phenoxy) is 1. The number of hydrogen-bond acceptors (Lipinski definition) is 3. The van der Waals surface area contributed by atoms with Crippen molar-refractivity contribution in [2.45, 2.75) is 13.0 Å². The van der Waals surface area contributed by atoms with Crippen molar-refractivity contribution < 1.29 is 9.13 Å². The molecule has 2 aromatic carbocycles. The third kappa shape index (κ3) is 2.72. The number of rotatable bonds is 4. The van der Waals surface area contributed by atoms with Gasteiger partial charge in [-0.2, -0.15) is 0 Å². The van der Waals surface area contributed by atoms with Crippen molar-refractivity contribution in [2.24, 2.45) is 0 Å². The number of methoxy groups -OCH3 is 1. The number of benzene rings is 2. The lowest BCUT2D eigenvalue weighted by Crippen LogP contribution is -2.08. The topological polar surface area (TPSA) is 34.1 Å². The number of nitrogens with one attached hydrogen (secondary N) is 1. The second-order valence-electron chi connectivity index (χ2n) is 5.14. The molecule has 0 aliphatic carbocycles. The van der Waals surface area contributed by atoms with E-state index in [-0.39, 0.29) is 17.6 Å². The fraction of sp³-hybridized carbons (Fsp3) is 0.167. The molecule has 0 fully saturated rings. The first-order chi connectivity index (χ1) is 10.7. The van der Waals surface area contributed by atoms with Crippen molar-refractivity contribution in [1.29, 1.82) is 0 Å². The molecular formula is C18H17FN2O. The molecule has 22 heavy (non-hydrogen) atoms. The zero-order valence-corrected chi connectivity index (χ0v) is 12.5. The summed E-state index contributed by atoms with van der Waals surface area (Å²) in [5, 5.41) is 4.47. The Labute approximate surface area is 128 Å². The van der Waals surface area contributed by atoms with Gasteiger partial charge in [-0.3, -0.25) is 4.98 Å². The molecule has 1 heterocycles. The molecule has 3 rings (SSSR count). The Morgan fingerprint density at radius 2 is 1.95 bits per heavy atom. The Balaban J connectivity index is 1.90. The van der Waals surface area contributed by atoms with E-state index in [9.17, 15) is 4.39 Å². The molecule has 1 atom stereocenters. The average molecular weight is 296 g/mol. The van der Waals surface area contributed by atoms with Crippen LogP contribution in [0, 0.1) is 5.82 Å². The van der Waals surface area contributed by atoms with Gasteiger partial charge in [0, 0.05) is 17.6 Å². The Kier molecular flexibility index (Phi) is 3.92. The van der Waals surface area contributed by atoms with Gasteiger partial charge in [-0.1, -0.05) is 24.3 Å². The second-order valence-corrected chi connectivity index (χ2v) is 5.14. The maximum Gasteiger partial charge on any atom is 0.165 e. The first-order valence-corrected chi connectivity index (χ1v) is 7.13. The van der Waals surface area contributed by atoms with Crippen LogP contribution in [-0.4, -0.2) is 12.1 Å². The van der Waals surface area contributed by atoms with Crippen molar-refractivity contribution >= 4 is 16.6 Å². The molecule has 112 valence electrons. The smallest absolute Gasteiger partial charge is 0.165 e.